The van der Waals surface area contributed by atoms with Gasteiger partial charge in [0.05, 0.1) is 5.69 Å². The minimum Gasteiger partial charge on any atom is -0.368 e. The summed E-state index contributed by atoms with van der Waals surface area (Å²) in [5.74, 6) is 0. The molecule has 1 heterocycles. The Bertz CT molecular complexity index is 405. The predicted molar refractivity (Wildman–Crippen MR) is 85.3 cm³/mol. The fourth-order valence-corrected chi connectivity index (χ4v) is 4.37. The summed E-state index contributed by atoms with van der Waals surface area (Å²) in [4.78, 5) is 6.35. The van der Waals surface area contributed by atoms with E-state index in [-0.39, 0.29) is 5.60 Å². The third-order valence-electron chi connectivity index (χ3n) is 4.12. The van der Waals surface area contributed by atoms with Gasteiger partial charge in [-0.3, -0.25) is 0 Å². The molecule has 1 aliphatic carbocycles. The molecule has 0 atom stereocenters. The van der Waals surface area contributed by atoms with Gasteiger partial charge in [-0.2, -0.15) is 0 Å². The van der Waals surface area contributed by atoms with E-state index < -0.39 is 0 Å². The molecule has 2 rings (SSSR count). The Labute approximate surface area is 127 Å². The molecular weight excluding hydrogens is 268 g/mol. The van der Waals surface area contributed by atoms with Gasteiger partial charge >= 0.3 is 0 Å². The number of thiazole rings is 1. The van der Waals surface area contributed by atoms with E-state index in [4.69, 9.17) is 9.72 Å². The number of nitrogens with zero attached hydrogens (tertiary/aromatic N) is 1. The maximum absolute atomic E-state index is 6.20. The standard InChI is InChI=1S/C16H28N2OS/c1-4-13-14(12-17-5-2)20-15(18-13)16(19-6-3)10-8-7-9-11-16/h17H,4-12H2,1-3H3. The Morgan fingerprint density at radius 3 is 2.55 bits per heavy atom. The van der Waals surface area contributed by atoms with Crippen LogP contribution in [0.3, 0.4) is 0 Å². The lowest BCUT2D eigenvalue weighted by Crippen LogP contribution is -2.32. The van der Waals surface area contributed by atoms with Crippen molar-refractivity contribution in [3.05, 3.63) is 15.6 Å². The van der Waals surface area contributed by atoms with Crippen molar-refractivity contribution >= 4 is 11.3 Å². The number of aryl methyl sites for hydroxylation is 1. The molecule has 1 fully saturated rings. The van der Waals surface area contributed by atoms with Crippen LogP contribution < -0.4 is 5.32 Å². The maximum atomic E-state index is 6.20. The first-order chi connectivity index (χ1) is 9.75. The van der Waals surface area contributed by atoms with Crippen molar-refractivity contribution in [2.45, 2.75) is 71.4 Å². The van der Waals surface area contributed by atoms with E-state index in [1.165, 1.54) is 34.8 Å². The molecule has 0 radical (unpaired) electrons. The quantitative estimate of drug-likeness (QED) is 0.825. The van der Waals surface area contributed by atoms with Crippen LogP contribution >= 0.6 is 11.3 Å². The van der Waals surface area contributed by atoms with Crippen LogP contribution in [-0.2, 0) is 23.3 Å². The van der Waals surface area contributed by atoms with Crippen LogP contribution in [0.4, 0.5) is 0 Å². The maximum Gasteiger partial charge on any atom is 0.125 e. The Morgan fingerprint density at radius 1 is 1.20 bits per heavy atom. The summed E-state index contributed by atoms with van der Waals surface area (Å²) in [5.41, 5.74) is 1.17. The fraction of sp³-hybridized carbons (Fsp3) is 0.812. The smallest absolute Gasteiger partial charge is 0.125 e. The molecule has 1 N–H and O–H groups in total. The zero-order valence-electron chi connectivity index (χ0n) is 13.1. The Hall–Kier alpha value is -0.450. The average molecular weight is 296 g/mol. The summed E-state index contributed by atoms with van der Waals surface area (Å²) < 4.78 is 6.20. The summed E-state index contributed by atoms with van der Waals surface area (Å²) in [6.07, 6.45) is 7.16. The third-order valence-corrected chi connectivity index (χ3v) is 5.40. The van der Waals surface area contributed by atoms with E-state index in [0.717, 1.165) is 39.0 Å². The van der Waals surface area contributed by atoms with Crippen LogP contribution in [0.2, 0.25) is 0 Å². The molecule has 0 unspecified atom stereocenters. The normalized spacial score (nSPS) is 18.4. The van der Waals surface area contributed by atoms with Crippen LogP contribution in [0.5, 0.6) is 0 Å². The van der Waals surface area contributed by atoms with Gasteiger partial charge in [0, 0.05) is 18.0 Å². The van der Waals surface area contributed by atoms with Gasteiger partial charge in [-0.1, -0.05) is 33.1 Å². The molecule has 0 saturated heterocycles. The first-order valence-corrected chi connectivity index (χ1v) is 8.91. The number of nitrogens with one attached hydrogen (secondary N) is 1. The Balaban J connectivity index is 2.26. The molecule has 0 aromatic carbocycles. The number of hydrogen-bond donors (Lipinski definition) is 1. The molecule has 0 bridgehead atoms. The molecule has 0 amide bonds. The summed E-state index contributed by atoms with van der Waals surface area (Å²) in [6.45, 7) is 9.18. The highest BCUT2D eigenvalue weighted by molar-refractivity contribution is 7.11. The molecule has 1 saturated carbocycles. The van der Waals surface area contributed by atoms with Gasteiger partial charge in [-0.25, -0.2) is 4.98 Å². The van der Waals surface area contributed by atoms with E-state index in [1.54, 1.807) is 0 Å². The van der Waals surface area contributed by atoms with Gasteiger partial charge in [0.15, 0.2) is 0 Å². The third kappa shape index (κ3) is 3.41. The molecule has 4 heteroatoms. The molecule has 1 aliphatic rings. The van der Waals surface area contributed by atoms with Crippen molar-refractivity contribution < 1.29 is 4.74 Å². The summed E-state index contributed by atoms with van der Waals surface area (Å²) in [7, 11) is 0. The second-order valence-corrected chi connectivity index (χ2v) is 6.59. The average Bonchev–Trinajstić information content (AvgIpc) is 2.90. The summed E-state index contributed by atoms with van der Waals surface area (Å²) in [5, 5.41) is 4.66. The van der Waals surface area contributed by atoms with Crippen LogP contribution in [0, 0.1) is 0 Å². The van der Waals surface area contributed by atoms with E-state index in [9.17, 15) is 0 Å². The molecular formula is C16H28N2OS. The molecule has 20 heavy (non-hydrogen) atoms. The van der Waals surface area contributed by atoms with E-state index in [1.807, 2.05) is 11.3 Å². The SMILES string of the molecule is CCNCc1sc(C2(OCC)CCCCC2)nc1CC. The van der Waals surface area contributed by atoms with Gasteiger partial charge in [0.25, 0.3) is 0 Å². The molecule has 1 aromatic heterocycles. The van der Waals surface area contributed by atoms with Gasteiger partial charge in [-0.05, 0) is 32.7 Å². The largest absolute Gasteiger partial charge is 0.368 e. The lowest BCUT2D eigenvalue weighted by molar-refractivity contribution is -0.0705. The lowest BCUT2D eigenvalue weighted by Gasteiger charge is -2.35. The van der Waals surface area contributed by atoms with Gasteiger partial charge in [0.2, 0.25) is 0 Å². The van der Waals surface area contributed by atoms with Gasteiger partial charge in [-0.15, -0.1) is 11.3 Å². The van der Waals surface area contributed by atoms with Crippen molar-refractivity contribution in [2.24, 2.45) is 0 Å². The number of hydrogen-bond acceptors (Lipinski definition) is 4. The monoisotopic (exact) mass is 296 g/mol. The minimum atomic E-state index is -0.0912. The van der Waals surface area contributed by atoms with Crippen LogP contribution in [0.15, 0.2) is 0 Å². The first-order valence-electron chi connectivity index (χ1n) is 8.09. The lowest BCUT2D eigenvalue weighted by atomic mass is 9.85. The molecule has 0 spiro atoms. The van der Waals surface area contributed by atoms with Gasteiger partial charge in [0.1, 0.15) is 10.6 Å². The minimum absolute atomic E-state index is 0.0912. The Kier molecular flexibility index (Phi) is 6.00. The van der Waals surface area contributed by atoms with E-state index in [2.05, 4.69) is 26.1 Å². The highest BCUT2D eigenvalue weighted by atomic mass is 32.1. The number of ether oxygens (including phenoxy) is 1. The van der Waals surface area contributed by atoms with Gasteiger partial charge < -0.3 is 10.1 Å². The number of rotatable bonds is 7. The molecule has 3 nitrogen and oxygen atoms in total. The summed E-state index contributed by atoms with van der Waals surface area (Å²) in [6, 6.07) is 0. The molecule has 0 aliphatic heterocycles. The Morgan fingerprint density at radius 2 is 1.95 bits per heavy atom. The van der Waals surface area contributed by atoms with Crippen molar-refractivity contribution in [3.63, 3.8) is 0 Å². The zero-order chi connectivity index (χ0) is 14.4. The van der Waals surface area contributed by atoms with Crippen LogP contribution in [-0.4, -0.2) is 18.1 Å². The fourth-order valence-electron chi connectivity index (χ4n) is 3.05. The zero-order valence-corrected chi connectivity index (χ0v) is 13.9. The molecule has 1 aromatic rings. The highest BCUT2D eigenvalue weighted by Gasteiger charge is 2.38. The molecule has 114 valence electrons. The van der Waals surface area contributed by atoms with Crippen molar-refractivity contribution in [1.29, 1.82) is 0 Å². The first kappa shape index (κ1) is 15.9. The van der Waals surface area contributed by atoms with Crippen LogP contribution in [0.1, 0.15) is 68.5 Å². The van der Waals surface area contributed by atoms with Crippen molar-refractivity contribution in [1.82, 2.24) is 10.3 Å². The van der Waals surface area contributed by atoms with Crippen molar-refractivity contribution in [2.75, 3.05) is 13.2 Å². The van der Waals surface area contributed by atoms with E-state index >= 15 is 0 Å². The number of aromatic nitrogens is 1. The second kappa shape index (κ2) is 7.53. The van der Waals surface area contributed by atoms with Crippen molar-refractivity contribution in [3.8, 4) is 0 Å². The highest BCUT2D eigenvalue weighted by Crippen LogP contribution is 2.42. The predicted octanol–water partition coefficient (Wildman–Crippen LogP) is 4.01. The topological polar surface area (TPSA) is 34.1 Å². The second-order valence-electron chi connectivity index (χ2n) is 5.51. The van der Waals surface area contributed by atoms with Crippen LogP contribution in [0.25, 0.3) is 0 Å². The van der Waals surface area contributed by atoms with E-state index in [0.29, 0.717) is 0 Å². The summed E-state index contributed by atoms with van der Waals surface area (Å²) >= 11 is 1.87.